The number of para-hydroxylation sites is 1. The molecule has 0 N–H and O–H groups in total. The lowest BCUT2D eigenvalue weighted by Gasteiger charge is -2.25. The van der Waals surface area contributed by atoms with E-state index in [1.807, 2.05) is 41.4 Å². The van der Waals surface area contributed by atoms with Crippen LogP contribution in [0.1, 0.15) is 29.6 Å². The van der Waals surface area contributed by atoms with Crippen LogP contribution in [0.15, 0.2) is 61.1 Å². The molecule has 4 heterocycles. The highest BCUT2D eigenvalue weighted by Crippen LogP contribution is 2.43. The highest BCUT2D eigenvalue weighted by molar-refractivity contribution is 5.98. The maximum atomic E-state index is 13.5. The highest BCUT2D eigenvalue weighted by Gasteiger charge is 2.49. The largest absolute Gasteiger partial charge is 0.477 e. The van der Waals surface area contributed by atoms with E-state index in [-0.39, 0.29) is 29.7 Å². The van der Waals surface area contributed by atoms with Gasteiger partial charge in [0.2, 0.25) is 5.88 Å². The number of amides is 1. The summed E-state index contributed by atoms with van der Waals surface area (Å²) in [5.74, 6) is 0.327. The van der Waals surface area contributed by atoms with Gasteiger partial charge >= 0.3 is 0 Å². The Labute approximate surface area is 167 Å². The number of carbonyl (C=O) groups is 1. The predicted octanol–water partition coefficient (Wildman–Crippen LogP) is 3.48. The van der Waals surface area contributed by atoms with E-state index >= 15 is 0 Å². The van der Waals surface area contributed by atoms with Crippen molar-refractivity contribution in [3.63, 3.8) is 0 Å². The quantitative estimate of drug-likeness (QED) is 0.667. The zero-order valence-corrected chi connectivity index (χ0v) is 15.8. The van der Waals surface area contributed by atoms with E-state index in [4.69, 9.17) is 4.74 Å². The average molecular weight is 392 g/mol. The van der Waals surface area contributed by atoms with Crippen LogP contribution in [-0.2, 0) is 0 Å². The number of nitrogens with zero attached hydrogens (tertiary/aromatic N) is 4. The lowest BCUT2D eigenvalue weighted by molar-refractivity contribution is 0.0709. The lowest BCUT2D eigenvalue weighted by atomic mass is 9.90. The molecule has 3 aromatic rings. The Bertz CT molecular complexity index is 1010. The van der Waals surface area contributed by atoms with Gasteiger partial charge in [-0.15, -0.1) is 0 Å². The Kier molecular flexibility index (Phi) is 4.50. The van der Waals surface area contributed by atoms with Crippen molar-refractivity contribution in [2.75, 3.05) is 6.61 Å². The highest BCUT2D eigenvalue weighted by atomic mass is 19.1. The Hall–Kier alpha value is -3.22. The van der Waals surface area contributed by atoms with Gasteiger partial charge in [-0.3, -0.25) is 4.79 Å². The molecule has 6 nitrogen and oxygen atoms in total. The third-order valence-corrected chi connectivity index (χ3v) is 5.93. The molecular formula is C22H21FN4O2. The number of hydrogen-bond donors (Lipinski definition) is 0. The number of rotatable bonds is 5. The zero-order valence-electron chi connectivity index (χ0n) is 15.8. The van der Waals surface area contributed by atoms with Crippen molar-refractivity contribution in [1.82, 2.24) is 19.7 Å². The third-order valence-electron chi connectivity index (χ3n) is 5.93. The van der Waals surface area contributed by atoms with Crippen LogP contribution in [0.3, 0.4) is 0 Å². The first-order valence-electron chi connectivity index (χ1n) is 9.87. The number of ether oxygens (including phenoxy) is 1. The summed E-state index contributed by atoms with van der Waals surface area (Å²) in [5.41, 5.74) is 1.45. The van der Waals surface area contributed by atoms with Gasteiger partial charge in [-0.2, -0.15) is 5.10 Å². The maximum Gasteiger partial charge on any atom is 0.256 e. The summed E-state index contributed by atoms with van der Waals surface area (Å²) in [4.78, 5) is 19.5. The molecule has 0 radical (unpaired) electrons. The first kappa shape index (κ1) is 17.8. The fraction of sp³-hybridized carbons (Fsp3) is 0.318. The standard InChI is InChI=1S/C22H21FN4O2/c23-16-6-9-21(24-13-16)29-14-15-12-17-7-8-19(15)27(17)22(28)18-4-1-2-5-20(18)26-11-3-10-25-26/h1-6,9-11,13,15,17,19H,7-8,12,14H2. The minimum Gasteiger partial charge on any atom is -0.477 e. The van der Waals surface area contributed by atoms with E-state index in [0.29, 0.717) is 18.1 Å². The zero-order chi connectivity index (χ0) is 19.8. The van der Waals surface area contributed by atoms with Gasteiger partial charge in [-0.1, -0.05) is 12.1 Å². The molecule has 1 amide bonds. The van der Waals surface area contributed by atoms with E-state index in [2.05, 4.69) is 10.1 Å². The number of benzene rings is 1. The van der Waals surface area contributed by atoms with Gasteiger partial charge < -0.3 is 9.64 Å². The number of fused-ring (bicyclic) bond motifs is 2. The minimum atomic E-state index is -0.384. The summed E-state index contributed by atoms with van der Waals surface area (Å²) in [6, 6.07) is 12.7. The molecule has 1 aromatic carbocycles. The molecule has 0 aliphatic carbocycles. The topological polar surface area (TPSA) is 60.2 Å². The van der Waals surface area contributed by atoms with Crippen molar-refractivity contribution in [2.45, 2.75) is 31.3 Å². The second-order valence-corrected chi connectivity index (χ2v) is 7.60. The normalized spacial score (nSPS) is 22.8. The summed E-state index contributed by atoms with van der Waals surface area (Å²) in [5, 5.41) is 4.29. The molecule has 7 heteroatoms. The predicted molar refractivity (Wildman–Crippen MR) is 104 cm³/mol. The molecule has 2 saturated heterocycles. The van der Waals surface area contributed by atoms with Gasteiger partial charge in [-0.25, -0.2) is 14.1 Å². The second-order valence-electron chi connectivity index (χ2n) is 7.60. The number of halogens is 1. The van der Waals surface area contributed by atoms with Crippen LogP contribution in [0.5, 0.6) is 5.88 Å². The van der Waals surface area contributed by atoms with Crippen LogP contribution in [0, 0.1) is 11.7 Å². The maximum absolute atomic E-state index is 13.5. The number of pyridine rings is 1. The van der Waals surface area contributed by atoms with Crippen molar-refractivity contribution in [3.8, 4) is 11.6 Å². The Morgan fingerprint density at radius 3 is 2.86 bits per heavy atom. The van der Waals surface area contributed by atoms with E-state index in [1.165, 1.54) is 12.1 Å². The first-order valence-corrected chi connectivity index (χ1v) is 9.87. The van der Waals surface area contributed by atoms with E-state index in [1.54, 1.807) is 10.9 Å². The molecule has 2 aromatic heterocycles. The van der Waals surface area contributed by atoms with Crippen molar-refractivity contribution < 1.29 is 13.9 Å². The fourth-order valence-electron chi connectivity index (χ4n) is 4.65. The molecule has 148 valence electrons. The van der Waals surface area contributed by atoms with E-state index < -0.39 is 0 Å². The van der Waals surface area contributed by atoms with Crippen molar-refractivity contribution in [1.29, 1.82) is 0 Å². The molecule has 2 aliphatic heterocycles. The smallest absolute Gasteiger partial charge is 0.256 e. The monoisotopic (exact) mass is 392 g/mol. The van der Waals surface area contributed by atoms with Crippen LogP contribution < -0.4 is 4.74 Å². The van der Waals surface area contributed by atoms with Crippen LogP contribution in [-0.4, -0.2) is 44.3 Å². The average Bonchev–Trinajstić information content (AvgIpc) is 3.49. The van der Waals surface area contributed by atoms with Crippen molar-refractivity contribution in [3.05, 3.63) is 72.4 Å². The summed E-state index contributed by atoms with van der Waals surface area (Å²) >= 11 is 0. The second kappa shape index (κ2) is 7.31. The van der Waals surface area contributed by atoms with Gasteiger partial charge in [0, 0.05) is 36.5 Å². The SMILES string of the molecule is O=C(c1ccccc1-n1cccn1)N1C2CCC1C(COc1ccc(F)cn1)C2. The summed E-state index contributed by atoms with van der Waals surface area (Å²) in [7, 11) is 0. The van der Waals surface area contributed by atoms with Crippen LogP contribution in [0.25, 0.3) is 5.69 Å². The van der Waals surface area contributed by atoms with Crippen LogP contribution in [0.2, 0.25) is 0 Å². The summed E-state index contributed by atoms with van der Waals surface area (Å²) < 4.78 is 20.5. The van der Waals surface area contributed by atoms with Crippen LogP contribution in [0.4, 0.5) is 4.39 Å². The summed E-state index contributed by atoms with van der Waals surface area (Å²) in [6.45, 7) is 0.477. The number of hydrogen-bond acceptors (Lipinski definition) is 4. The van der Waals surface area contributed by atoms with Crippen molar-refractivity contribution in [2.24, 2.45) is 5.92 Å². The summed E-state index contributed by atoms with van der Waals surface area (Å²) in [6.07, 6.45) is 7.62. The van der Waals surface area contributed by atoms with Gasteiger partial charge in [0.25, 0.3) is 5.91 Å². The van der Waals surface area contributed by atoms with Crippen LogP contribution >= 0.6 is 0 Å². The molecular weight excluding hydrogens is 371 g/mol. The minimum absolute atomic E-state index is 0.0472. The molecule has 2 fully saturated rings. The Morgan fingerprint density at radius 1 is 1.17 bits per heavy atom. The molecule has 2 bridgehead atoms. The number of aromatic nitrogens is 3. The Morgan fingerprint density at radius 2 is 2.07 bits per heavy atom. The van der Waals surface area contributed by atoms with Gasteiger partial charge in [0.15, 0.2) is 0 Å². The van der Waals surface area contributed by atoms with E-state index in [0.717, 1.165) is 31.1 Å². The molecule has 2 aliphatic rings. The van der Waals surface area contributed by atoms with E-state index in [9.17, 15) is 9.18 Å². The van der Waals surface area contributed by atoms with Gasteiger partial charge in [0.1, 0.15) is 5.82 Å². The third kappa shape index (κ3) is 3.26. The molecule has 29 heavy (non-hydrogen) atoms. The lowest BCUT2D eigenvalue weighted by Crippen LogP contribution is -2.38. The van der Waals surface area contributed by atoms with Crippen molar-refractivity contribution >= 4 is 5.91 Å². The molecule has 3 atom stereocenters. The first-order chi connectivity index (χ1) is 14.2. The Balaban J connectivity index is 1.34. The molecule has 0 saturated carbocycles. The number of carbonyl (C=O) groups excluding carboxylic acids is 1. The molecule has 3 unspecified atom stereocenters. The molecule has 0 spiro atoms. The van der Waals surface area contributed by atoms with Gasteiger partial charge in [-0.05, 0) is 43.5 Å². The molecule has 5 rings (SSSR count). The fourth-order valence-corrected chi connectivity index (χ4v) is 4.65. The van der Waals surface area contributed by atoms with Gasteiger partial charge in [0.05, 0.1) is 24.1 Å².